The van der Waals surface area contributed by atoms with Crippen molar-refractivity contribution in [1.82, 2.24) is 0 Å². The first-order chi connectivity index (χ1) is 10.0. The molecule has 5 heteroatoms. The van der Waals surface area contributed by atoms with E-state index in [0.29, 0.717) is 30.1 Å². The molecule has 0 spiro atoms. The molecule has 0 amide bonds. The molecule has 3 atom stereocenters. The highest BCUT2D eigenvalue weighted by atomic mass is 16.5. The number of carbonyl (C=O) groups excluding carboxylic acids is 1. The highest BCUT2D eigenvalue weighted by Gasteiger charge is 2.32. The Bertz CT molecular complexity index is 480. The molecule has 1 aliphatic heterocycles. The van der Waals surface area contributed by atoms with Crippen LogP contribution in [0.25, 0.3) is 0 Å². The molecule has 1 heterocycles. The van der Waals surface area contributed by atoms with Gasteiger partial charge in [-0.1, -0.05) is 19.9 Å². The zero-order chi connectivity index (χ0) is 15.4. The summed E-state index contributed by atoms with van der Waals surface area (Å²) in [6.07, 6.45) is 5.94. The molecule has 2 aliphatic rings. The molecule has 0 fully saturated rings. The van der Waals surface area contributed by atoms with Gasteiger partial charge in [0.15, 0.2) is 5.78 Å². The number of methoxy groups -OCH3 is 2. The van der Waals surface area contributed by atoms with Gasteiger partial charge in [0, 0.05) is 6.42 Å². The summed E-state index contributed by atoms with van der Waals surface area (Å²) in [5.74, 6) is 2.19. The molecule has 0 radical (unpaired) electrons. The fraction of sp³-hybridized carbons (Fsp3) is 0.688. The van der Waals surface area contributed by atoms with Gasteiger partial charge in [-0.2, -0.15) is 0 Å². The number of hydrogen-bond donors (Lipinski definition) is 0. The van der Waals surface area contributed by atoms with Crippen molar-refractivity contribution in [2.75, 3.05) is 14.2 Å². The predicted molar refractivity (Wildman–Crippen MR) is 82.8 cm³/mol. The molecule has 0 N–H and O–H groups in total. The normalized spacial score (nSPS) is 29.2. The number of rotatable bonds is 3. The van der Waals surface area contributed by atoms with Crippen LogP contribution >= 0.6 is 0 Å². The summed E-state index contributed by atoms with van der Waals surface area (Å²) < 4.78 is 10.8. The molecule has 2 rings (SSSR count). The minimum absolute atomic E-state index is 0.0790. The second-order valence-electron chi connectivity index (χ2n) is 5.91. The van der Waals surface area contributed by atoms with E-state index in [4.69, 9.17) is 9.47 Å². The lowest BCUT2D eigenvalue weighted by molar-refractivity contribution is -0.115. The quantitative estimate of drug-likeness (QED) is 0.802. The van der Waals surface area contributed by atoms with Gasteiger partial charge in [-0.15, -0.1) is 0 Å². The lowest BCUT2D eigenvalue weighted by Crippen LogP contribution is -2.38. The van der Waals surface area contributed by atoms with Crippen LogP contribution in [0.2, 0.25) is 0 Å². The Labute approximate surface area is 126 Å². The Hall–Kier alpha value is -1.65. The molecule has 0 saturated carbocycles. The highest BCUT2D eigenvalue weighted by molar-refractivity contribution is 5.94. The van der Waals surface area contributed by atoms with E-state index in [1.165, 1.54) is 0 Å². The molecule has 0 bridgehead atoms. The molecular weight excluding hydrogens is 268 g/mol. The minimum atomic E-state index is -0.122. The lowest BCUT2D eigenvalue weighted by Gasteiger charge is -2.28. The zero-order valence-electron chi connectivity index (χ0n) is 13.2. The van der Waals surface area contributed by atoms with Crippen molar-refractivity contribution in [1.29, 1.82) is 0 Å². The van der Waals surface area contributed by atoms with E-state index in [0.717, 1.165) is 12.8 Å². The number of ether oxygens (including phenoxy) is 2. The van der Waals surface area contributed by atoms with Gasteiger partial charge in [0.2, 0.25) is 11.8 Å². The van der Waals surface area contributed by atoms with Crippen molar-refractivity contribution in [2.45, 2.75) is 45.2 Å². The fourth-order valence-electron chi connectivity index (χ4n) is 2.75. The van der Waals surface area contributed by atoms with Crippen LogP contribution in [0.5, 0.6) is 0 Å². The van der Waals surface area contributed by atoms with E-state index in [2.05, 4.69) is 23.8 Å². The van der Waals surface area contributed by atoms with Crippen LogP contribution in [0.4, 0.5) is 0 Å². The third-order valence-electron chi connectivity index (χ3n) is 3.98. The largest absolute Gasteiger partial charge is 0.483 e. The minimum Gasteiger partial charge on any atom is -0.483 e. The van der Waals surface area contributed by atoms with Gasteiger partial charge >= 0.3 is 0 Å². The Morgan fingerprint density at radius 2 is 1.95 bits per heavy atom. The van der Waals surface area contributed by atoms with Crippen LogP contribution in [0.1, 0.15) is 33.1 Å². The summed E-state index contributed by atoms with van der Waals surface area (Å²) in [5, 5.41) is 0. The first-order valence-electron chi connectivity index (χ1n) is 7.49. The van der Waals surface area contributed by atoms with Gasteiger partial charge in [-0.3, -0.25) is 4.79 Å². The van der Waals surface area contributed by atoms with E-state index < -0.39 is 0 Å². The van der Waals surface area contributed by atoms with Gasteiger partial charge in [-0.05, 0) is 30.8 Å². The Kier molecular flexibility index (Phi) is 5.15. The van der Waals surface area contributed by atoms with Crippen molar-refractivity contribution < 1.29 is 14.3 Å². The number of nitrogens with zero attached hydrogens (tertiary/aromatic N) is 2. The van der Waals surface area contributed by atoms with Gasteiger partial charge in [0.25, 0.3) is 0 Å². The molecule has 0 saturated heterocycles. The second-order valence-corrected chi connectivity index (χ2v) is 5.91. The average molecular weight is 292 g/mol. The first kappa shape index (κ1) is 15.7. The van der Waals surface area contributed by atoms with Crippen LogP contribution in [0, 0.1) is 11.8 Å². The Morgan fingerprint density at radius 3 is 2.48 bits per heavy atom. The van der Waals surface area contributed by atoms with Crippen LogP contribution in [0.3, 0.4) is 0 Å². The number of ketones is 1. The zero-order valence-corrected chi connectivity index (χ0v) is 13.2. The third-order valence-corrected chi connectivity index (χ3v) is 3.98. The molecule has 0 aromatic carbocycles. The van der Waals surface area contributed by atoms with E-state index in [9.17, 15) is 4.79 Å². The van der Waals surface area contributed by atoms with Crippen molar-refractivity contribution in [3.63, 3.8) is 0 Å². The van der Waals surface area contributed by atoms with Crippen LogP contribution in [-0.2, 0) is 14.3 Å². The number of carbonyl (C=O) groups is 1. The molecular formula is C16H24N2O3. The molecule has 116 valence electrons. The molecule has 0 aromatic heterocycles. The van der Waals surface area contributed by atoms with Crippen molar-refractivity contribution in [3.05, 3.63) is 12.2 Å². The summed E-state index contributed by atoms with van der Waals surface area (Å²) in [4.78, 5) is 20.6. The molecule has 0 unspecified atom stereocenters. The van der Waals surface area contributed by atoms with Gasteiger partial charge in [0.05, 0.1) is 14.2 Å². The number of aliphatic imine (C=N–C) groups is 2. The van der Waals surface area contributed by atoms with Crippen LogP contribution < -0.4 is 0 Å². The predicted octanol–water partition coefficient (Wildman–Crippen LogP) is 2.41. The molecule has 21 heavy (non-hydrogen) atoms. The standard InChI is InChI=1S/C16H24N2O3/c1-10(2)14-16(21-4)17-13(15(18-14)20-3)9-11-5-7-12(19)8-6-11/h5,7,10-11,13-14H,6,8-9H2,1-4H3/t11-,13-,14+/m0/s1. The van der Waals surface area contributed by atoms with Crippen LogP contribution in [-0.4, -0.2) is 43.9 Å². The average Bonchev–Trinajstić information content (AvgIpc) is 2.48. The SMILES string of the molecule is COC1=N[C@H](C(C)C)C(OC)=N[C@H]1C[C@H]1C=CC(=O)CC1. The summed E-state index contributed by atoms with van der Waals surface area (Å²) in [7, 11) is 3.27. The summed E-state index contributed by atoms with van der Waals surface area (Å²) >= 11 is 0. The van der Waals surface area contributed by atoms with Crippen molar-refractivity contribution in [2.24, 2.45) is 21.8 Å². The van der Waals surface area contributed by atoms with Crippen molar-refractivity contribution >= 4 is 17.6 Å². The first-order valence-corrected chi connectivity index (χ1v) is 7.49. The topological polar surface area (TPSA) is 60.2 Å². The van der Waals surface area contributed by atoms with Gasteiger partial charge in [0.1, 0.15) is 12.1 Å². The summed E-state index contributed by atoms with van der Waals surface area (Å²) in [6, 6.07) is -0.201. The maximum absolute atomic E-state index is 11.3. The van der Waals surface area contributed by atoms with Crippen LogP contribution in [0.15, 0.2) is 22.1 Å². The molecule has 5 nitrogen and oxygen atoms in total. The molecule has 1 aliphatic carbocycles. The second kappa shape index (κ2) is 6.87. The maximum Gasteiger partial charge on any atom is 0.209 e. The Morgan fingerprint density at radius 1 is 1.24 bits per heavy atom. The van der Waals surface area contributed by atoms with E-state index in [1.807, 2.05) is 6.08 Å². The van der Waals surface area contributed by atoms with Gasteiger partial charge in [-0.25, -0.2) is 9.98 Å². The fourth-order valence-corrected chi connectivity index (χ4v) is 2.75. The molecule has 0 aromatic rings. The van der Waals surface area contributed by atoms with E-state index >= 15 is 0 Å². The van der Waals surface area contributed by atoms with Crippen molar-refractivity contribution in [3.8, 4) is 0 Å². The lowest BCUT2D eigenvalue weighted by atomic mass is 9.89. The highest BCUT2D eigenvalue weighted by Crippen LogP contribution is 2.25. The number of hydrogen-bond acceptors (Lipinski definition) is 5. The monoisotopic (exact) mass is 292 g/mol. The Balaban J connectivity index is 2.14. The van der Waals surface area contributed by atoms with E-state index in [1.54, 1.807) is 20.3 Å². The smallest absolute Gasteiger partial charge is 0.209 e. The van der Waals surface area contributed by atoms with Gasteiger partial charge < -0.3 is 9.47 Å². The summed E-state index contributed by atoms with van der Waals surface area (Å²) in [5.41, 5.74) is 0. The summed E-state index contributed by atoms with van der Waals surface area (Å²) in [6.45, 7) is 4.18. The third kappa shape index (κ3) is 3.71. The number of allylic oxidation sites excluding steroid dienone is 2. The van der Waals surface area contributed by atoms with E-state index in [-0.39, 0.29) is 17.9 Å². The maximum atomic E-state index is 11.3.